The van der Waals surface area contributed by atoms with Crippen LogP contribution < -0.4 is 5.43 Å². The zero-order valence-electron chi connectivity index (χ0n) is 10.7. The molecule has 0 aromatic heterocycles. The highest BCUT2D eigenvalue weighted by atomic mass is 19.2. The normalized spacial score (nSPS) is 11.3. The van der Waals surface area contributed by atoms with E-state index in [1.165, 1.54) is 5.43 Å². The molecule has 2 aromatic rings. The number of hydrazone groups is 1. The van der Waals surface area contributed by atoms with Gasteiger partial charge in [0.1, 0.15) is 5.69 Å². The Morgan fingerprint density at radius 1 is 0.652 bits per heavy atom. The second-order valence-electron chi connectivity index (χ2n) is 4.08. The molecule has 0 aliphatic heterocycles. The molecule has 2 aromatic carbocycles. The van der Waals surface area contributed by atoms with Crippen LogP contribution in [0, 0.1) is 46.5 Å². The van der Waals surface area contributed by atoms with Crippen molar-refractivity contribution in [3.05, 3.63) is 64.2 Å². The van der Waals surface area contributed by atoms with Crippen molar-refractivity contribution < 1.29 is 35.1 Å². The summed E-state index contributed by atoms with van der Waals surface area (Å²) in [5, 5.41) is 3.04. The van der Waals surface area contributed by atoms with Gasteiger partial charge in [0, 0.05) is 5.56 Å². The van der Waals surface area contributed by atoms with Gasteiger partial charge >= 0.3 is 0 Å². The predicted molar refractivity (Wildman–Crippen MR) is 63.8 cm³/mol. The van der Waals surface area contributed by atoms with Crippen molar-refractivity contribution in [2.24, 2.45) is 5.10 Å². The second kappa shape index (κ2) is 6.23. The molecule has 23 heavy (non-hydrogen) atoms. The van der Waals surface area contributed by atoms with Crippen LogP contribution in [0.1, 0.15) is 5.56 Å². The summed E-state index contributed by atoms with van der Waals surface area (Å²) >= 11 is 0. The highest BCUT2D eigenvalue weighted by Gasteiger charge is 2.25. The van der Waals surface area contributed by atoms with E-state index in [1.807, 2.05) is 0 Å². The Kier molecular flexibility index (Phi) is 4.52. The Labute approximate surface area is 123 Å². The third-order valence-corrected chi connectivity index (χ3v) is 2.65. The van der Waals surface area contributed by atoms with Gasteiger partial charge in [0.2, 0.25) is 5.82 Å². The summed E-state index contributed by atoms with van der Waals surface area (Å²) in [6.45, 7) is 0. The van der Waals surface area contributed by atoms with E-state index in [0.29, 0.717) is 12.3 Å². The Hall–Kier alpha value is -2.65. The van der Waals surface area contributed by atoms with Gasteiger partial charge in [-0.25, -0.2) is 35.1 Å². The SMILES string of the molecule is Fc1ccc(/C=N/Nc2c(F)c(F)c(F)c(F)c2F)c(F)c1F. The van der Waals surface area contributed by atoms with Crippen LogP contribution in [-0.2, 0) is 0 Å². The van der Waals surface area contributed by atoms with Gasteiger partial charge in [-0.15, -0.1) is 0 Å². The molecule has 0 aliphatic rings. The van der Waals surface area contributed by atoms with Crippen molar-refractivity contribution in [2.75, 3.05) is 5.43 Å². The number of rotatable bonds is 3. The van der Waals surface area contributed by atoms with Crippen molar-refractivity contribution in [1.82, 2.24) is 0 Å². The molecule has 0 aliphatic carbocycles. The van der Waals surface area contributed by atoms with Gasteiger partial charge in [-0.2, -0.15) is 5.10 Å². The lowest BCUT2D eigenvalue weighted by Crippen LogP contribution is -2.07. The Bertz CT molecular complexity index is 774. The van der Waals surface area contributed by atoms with Crippen LogP contribution >= 0.6 is 0 Å². The zero-order valence-corrected chi connectivity index (χ0v) is 10.7. The summed E-state index contributed by atoms with van der Waals surface area (Å²) in [5.41, 5.74) is -0.620. The monoisotopic (exact) mass is 340 g/mol. The molecule has 1 N–H and O–H groups in total. The summed E-state index contributed by atoms with van der Waals surface area (Å²) in [6.07, 6.45) is 0.468. The highest BCUT2D eigenvalue weighted by molar-refractivity contribution is 5.80. The van der Waals surface area contributed by atoms with Crippen molar-refractivity contribution in [3.63, 3.8) is 0 Å². The minimum atomic E-state index is -2.36. The lowest BCUT2D eigenvalue weighted by atomic mass is 10.2. The average molecular weight is 340 g/mol. The number of hydrogen-bond donors (Lipinski definition) is 1. The number of halogens is 8. The average Bonchev–Trinajstić information content (AvgIpc) is 2.54. The number of nitrogens with one attached hydrogen (secondary N) is 1. The van der Waals surface area contributed by atoms with E-state index in [4.69, 9.17) is 0 Å². The molecule has 0 saturated carbocycles. The minimum Gasteiger partial charge on any atom is -0.272 e. The quantitative estimate of drug-likeness (QED) is 0.292. The summed E-state index contributed by atoms with van der Waals surface area (Å²) in [4.78, 5) is 0. The molecule has 10 heteroatoms. The molecule has 0 fully saturated rings. The minimum absolute atomic E-state index is 0.468. The second-order valence-corrected chi connectivity index (χ2v) is 4.08. The lowest BCUT2D eigenvalue weighted by molar-refractivity contribution is 0.381. The molecule has 0 radical (unpaired) electrons. The van der Waals surface area contributed by atoms with Crippen molar-refractivity contribution in [2.45, 2.75) is 0 Å². The van der Waals surface area contributed by atoms with Gasteiger partial charge in [-0.05, 0) is 12.1 Å². The number of benzene rings is 2. The first-order chi connectivity index (χ1) is 10.8. The van der Waals surface area contributed by atoms with Crippen LogP contribution in [-0.4, -0.2) is 6.21 Å². The molecule has 0 bridgehead atoms. The van der Waals surface area contributed by atoms with Crippen LogP contribution in [0.15, 0.2) is 17.2 Å². The molecular weight excluding hydrogens is 336 g/mol. The number of hydrogen-bond acceptors (Lipinski definition) is 2. The van der Waals surface area contributed by atoms with Gasteiger partial charge in [0.25, 0.3) is 0 Å². The Morgan fingerprint density at radius 3 is 1.74 bits per heavy atom. The van der Waals surface area contributed by atoms with Gasteiger partial charge in [0.15, 0.2) is 40.7 Å². The maximum absolute atomic E-state index is 13.3. The molecule has 0 heterocycles. The van der Waals surface area contributed by atoms with E-state index in [9.17, 15) is 35.1 Å². The predicted octanol–water partition coefficient (Wildman–Crippen LogP) is 4.25. The largest absolute Gasteiger partial charge is 0.272 e. The summed E-state index contributed by atoms with van der Waals surface area (Å²) < 4.78 is 104. The molecule has 0 atom stereocenters. The van der Waals surface area contributed by atoms with Crippen LogP contribution in [0.25, 0.3) is 0 Å². The smallest absolute Gasteiger partial charge is 0.200 e. The topological polar surface area (TPSA) is 24.4 Å². The maximum atomic E-state index is 13.3. The molecule has 0 unspecified atom stereocenters. The van der Waals surface area contributed by atoms with Gasteiger partial charge in [-0.3, -0.25) is 5.43 Å². The van der Waals surface area contributed by atoms with E-state index in [1.54, 1.807) is 0 Å². The maximum Gasteiger partial charge on any atom is 0.200 e. The first-order valence-electron chi connectivity index (χ1n) is 5.69. The van der Waals surface area contributed by atoms with Gasteiger partial charge in [-0.1, -0.05) is 0 Å². The summed E-state index contributed by atoms with van der Waals surface area (Å²) in [6, 6.07) is 1.30. The van der Waals surface area contributed by atoms with E-state index < -0.39 is 57.8 Å². The molecule has 0 amide bonds. The Morgan fingerprint density at radius 2 is 1.17 bits per heavy atom. The van der Waals surface area contributed by atoms with Gasteiger partial charge < -0.3 is 0 Å². The van der Waals surface area contributed by atoms with Crippen molar-refractivity contribution in [3.8, 4) is 0 Å². The zero-order chi connectivity index (χ0) is 17.3. The van der Waals surface area contributed by atoms with E-state index in [-0.39, 0.29) is 0 Å². The van der Waals surface area contributed by atoms with Gasteiger partial charge in [0.05, 0.1) is 6.21 Å². The van der Waals surface area contributed by atoms with Crippen LogP contribution in [0.3, 0.4) is 0 Å². The first-order valence-corrected chi connectivity index (χ1v) is 5.69. The molecule has 0 spiro atoms. The Balaban J connectivity index is 2.34. The van der Waals surface area contributed by atoms with Crippen LogP contribution in [0.4, 0.5) is 40.8 Å². The molecular formula is C13H4F8N2. The summed E-state index contributed by atoms with van der Waals surface area (Å²) in [7, 11) is 0. The summed E-state index contributed by atoms with van der Waals surface area (Å²) in [5.74, 6) is -16.1. The first kappa shape index (κ1) is 16.7. The fourth-order valence-corrected chi connectivity index (χ4v) is 1.51. The van der Waals surface area contributed by atoms with Crippen LogP contribution in [0.2, 0.25) is 0 Å². The standard InChI is InChI=1S/C13H4F8N2/c14-5-2-1-4(6(15)7(5)16)3-22-23-13-11(20)9(18)8(17)10(19)12(13)21/h1-3,23H/b22-3+. The lowest BCUT2D eigenvalue weighted by Gasteiger charge is -2.07. The molecule has 2 nitrogen and oxygen atoms in total. The van der Waals surface area contributed by atoms with Crippen molar-refractivity contribution >= 4 is 11.9 Å². The van der Waals surface area contributed by atoms with E-state index in [2.05, 4.69) is 5.10 Å². The number of nitrogens with zero attached hydrogens (tertiary/aromatic N) is 1. The molecule has 0 saturated heterocycles. The third kappa shape index (κ3) is 2.96. The highest BCUT2D eigenvalue weighted by Crippen LogP contribution is 2.27. The molecule has 2 rings (SSSR count). The third-order valence-electron chi connectivity index (χ3n) is 2.65. The van der Waals surface area contributed by atoms with Crippen molar-refractivity contribution in [1.29, 1.82) is 0 Å². The van der Waals surface area contributed by atoms with Crippen LogP contribution in [0.5, 0.6) is 0 Å². The fourth-order valence-electron chi connectivity index (χ4n) is 1.51. The number of anilines is 1. The van der Waals surface area contributed by atoms with E-state index >= 15 is 0 Å². The molecule has 122 valence electrons. The van der Waals surface area contributed by atoms with E-state index in [0.717, 1.165) is 6.07 Å². The fraction of sp³-hybridized carbons (Fsp3) is 0.